The Hall–Kier alpha value is -0.570. The minimum Gasteiger partial charge on any atom is -0.241 e. The van der Waals surface area contributed by atoms with Gasteiger partial charge in [-0.25, -0.2) is 9.97 Å². The van der Waals surface area contributed by atoms with Crippen molar-refractivity contribution in [2.45, 2.75) is 12.8 Å². The van der Waals surface area contributed by atoms with Gasteiger partial charge in [-0.15, -0.1) is 0 Å². The average Bonchev–Trinajstić information content (AvgIpc) is 2.03. The molecule has 0 aliphatic rings. The lowest BCUT2D eigenvalue weighted by Crippen LogP contribution is -1.93. The summed E-state index contributed by atoms with van der Waals surface area (Å²) in [5, 5.41) is 0. The molecule has 1 heterocycles. The zero-order chi connectivity index (χ0) is 7.23. The first-order chi connectivity index (χ1) is 4.93. The van der Waals surface area contributed by atoms with Crippen LogP contribution in [-0.2, 0) is 6.42 Å². The molecule has 0 aliphatic carbocycles. The first-order valence-corrected chi connectivity index (χ1v) is 3.93. The lowest BCUT2D eigenvalue weighted by Gasteiger charge is -1.93. The van der Waals surface area contributed by atoms with Crippen LogP contribution in [0, 0.1) is 0 Å². The van der Waals surface area contributed by atoms with Gasteiger partial charge in [-0.05, 0) is 18.2 Å². The van der Waals surface area contributed by atoms with Crippen LogP contribution in [0.1, 0.15) is 12.2 Å². The van der Waals surface area contributed by atoms with E-state index in [1.54, 1.807) is 12.4 Å². The van der Waals surface area contributed by atoms with E-state index in [4.69, 9.17) is 0 Å². The van der Waals surface area contributed by atoms with E-state index >= 15 is 0 Å². The summed E-state index contributed by atoms with van der Waals surface area (Å²) >= 11 is 4.10. The van der Waals surface area contributed by atoms with Gasteiger partial charge in [-0.2, -0.15) is 12.6 Å². The van der Waals surface area contributed by atoms with Crippen LogP contribution < -0.4 is 0 Å². The summed E-state index contributed by atoms with van der Waals surface area (Å²) < 4.78 is 0. The minimum atomic E-state index is 0.901. The van der Waals surface area contributed by atoms with Gasteiger partial charge in [0.15, 0.2) is 0 Å². The highest BCUT2D eigenvalue weighted by Crippen LogP contribution is 1.94. The molecule has 1 aromatic rings. The molecule has 0 atom stereocenters. The maximum Gasteiger partial charge on any atom is 0.128 e. The van der Waals surface area contributed by atoms with E-state index in [9.17, 15) is 0 Å². The van der Waals surface area contributed by atoms with Crippen LogP contribution in [0.15, 0.2) is 18.5 Å². The van der Waals surface area contributed by atoms with E-state index in [-0.39, 0.29) is 0 Å². The van der Waals surface area contributed by atoms with Crippen molar-refractivity contribution in [2.75, 3.05) is 5.75 Å². The fourth-order valence-corrected chi connectivity index (χ4v) is 0.854. The maximum atomic E-state index is 4.10. The Bertz CT molecular complexity index is 176. The molecular weight excluding hydrogens is 144 g/mol. The zero-order valence-corrected chi connectivity index (χ0v) is 6.59. The number of nitrogens with zero attached hydrogens (tertiary/aromatic N) is 2. The molecule has 1 aromatic heterocycles. The highest BCUT2D eigenvalue weighted by atomic mass is 32.1. The summed E-state index contributed by atoms with van der Waals surface area (Å²) in [5.41, 5.74) is 0. The van der Waals surface area contributed by atoms with Crippen molar-refractivity contribution in [1.82, 2.24) is 9.97 Å². The van der Waals surface area contributed by atoms with Crippen LogP contribution in [0.2, 0.25) is 0 Å². The molecule has 0 bridgehead atoms. The minimum absolute atomic E-state index is 0.901. The molecule has 0 saturated heterocycles. The molecule has 0 unspecified atom stereocenters. The van der Waals surface area contributed by atoms with Crippen molar-refractivity contribution in [2.24, 2.45) is 0 Å². The van der Waals surface area contributed by atoms with Crippen molar-refractivity contribution >= 4 is 12.6 Å². The van der Waals surface area contributed by atoms with Gasteiger partial charge < -0.3 is 0 Å². The summed E-state index contributed by atoms with van der Waals surface area (Å²) in [6.45, 7) is 0. The van der Waals surface area contributed by atoms with Crippen molar-refractivity contribution in [1.29, 1.82) is 0 Å². The first-order valence-electron chi connectivity index (χ1n) is 3.30. The Morgan fingerprint density at radius 2 is 2.00 bits per heavy atom. The van der Waals surface area contributed by atoms with Crippen molar-refractivity contribution in [3.63, 3.8) is 0 Å². The molecule has 0 N–H and O–H groups in total. The lowest BCUT2D eigenvalue weighted by atomic mass is 10.3. The predicted molar refractivity (Wildman–Crippen MR) is 44.2 cm³/mol. The van der Waals surface area contributed by atoms with Crippen LogP contribution >= 0.6 is 12.6 Å². The Morgan fingerprint density at radius 3 is 2.60 bits per heavy atom. The second-order valence-corrected chi connectivity index (χ2v) is 2.44. The van der Waals surface area contributed by atoms with Crippen LogP contribution in [0.25, 0.3) is 0 Å². The van der Waals surface area contributed by atoms with E-state index in [0.717, 1.165) is 24.4 Å². The molecule has 0 aliphatic heterocycles. The molecule has 2 nitrogen and oxygen atoms in total. The summed E-state index contributed by atoms with van der Waals surface area (Å²) in [4.78, 5) is 8.14. The molecule has 1 rings (SSSR count). The molecule has 54 valence electrons. The molecule has 0 spiro atoms. The normalized spacial score (nSPS) is 9.70. The van der Waals surface area contributed by atoms with E-state index in [2.05, 4.69) is 22.6 Å². The molecule has 0 aromatic carbocycles. The van der Waals surface area contributed by atoms with Gasteiger partial charge in [-0.1, -0.05) is 0 Å². The third-order valence-electron chi connectivity index (χ3n) is 1.18. The maximum absolute atomic E-state index is 4.10. The van der Waals surface area contributed by atoms with Gasteiger partial charge in [0.25, 0.3) is 0 Å². The van der Waals surface area contributed by atoms with Gasteiger partial charge in [0.05, 0.1) is 0 Å². The van der Waals surface area contributed by atoms with Crippen LogP contribution in [0.5, 0.6) is 0 Å². The quantitative estimate of drug-likeness (QED) is 0.665. The molecular formula is C7H10N2S. The number of hydrogen-bond acceptors (Lipinski definition) is 3. The third-order valence-corrected chi connectivity index (χ3v) is 1.49. The first kappa shape index (κ1) is 7.54. The largest absolute Gasteiger partial charge is 0.241 e. The van der Waals surface area contributed by atoms with E-state index in [1.165, 1.54) is 0 Å². The molecule has 0 amide bonds. The Morgan fingerprint density at radius 1 is 1.30 bits per heavy atom. The second-order valence-electron chi connectivity index (χ2n) is 1.99. The van der Waals surface area contributed by atoms with Gasteiger partial charge >= 0.3 is 0 Å². The summed E-state index contributed by atoms with van der Waals surface area (Å²) in [7, 11) is 0. The van der Waals surface area contributed by atoms with Crippen LogP contribution in [-0.4, -0.2) is 15.7 Å². The second kappa shape index (κ2) is 4.28. The summed E-state index contributed by atoms with van der Waals surface area (Å²) in [6.07, 6.45) is 5.51. The van der Waals surface area contributed by atoms with Crippen molar-refractivity contribution in [3.8, 4) is 0 Å². The lowest BCUT2D eigenvalue weighted by molar-refractivity contribution is 0.843. The highest BCUT2D eigenvalue weighted by molar-refractivity contribution is 7.80. The predicted octanol–water partition coefficient (Wildman–Crippen LogP) is 1.34. The topological polar surface area (TPSA) is 25.8 Å². The average molecular weight is 154 g/mol. The Kier molecular flexibility index (Phi) is 3.22. The molecule has 0 fully saturated rings. The van der Waals surface area contributed by atoms with Crippen LogP contribution in [0.4, 0.5) is 0 Å². The SMILES string of the molecule is SCCCc1ncccn1. The van der Waals surface area contributed by atoms with Gasteiger partial charge in [0.2, 0.25) is 0 Å². The van der Waals surface area contributed by atoms with Crippen molar-refractivity contribution < 1.29 is 0 Å². The standard InChI is InChI=1S/C7H10N2S/c10-6-1-3-7-8-4-2-5-9-7/h2,4-5,10H,1,3,6H2. The van der Waals surface area contributed by atoms with E-state index < -0.39 is 0 Å². The van der Waals surface area contributed by atoms with E-state index in [1.807, 2.05) is 6.07 Å². The third kappa shape index (κ3) is 2.35. The van der Waals surface area contributed by atoms with E-state index in [0.29, 0.717) is 0 Å². The highest BCUT2D eigenvalue weighted by Gasteiger charge is 1.90. The summed E-state index contributed by atoms with van der Waals surface area (Å²) in [6, 6.07) is 1.82. The van der Waals surface area contributed by atoms with Crippen molar-refractivity contribution in [3.05, 3.63) is 24.3 Å². The van der Waals surface area contributed by atoms with Gasteiger partial charge in [-0.3, -0.25) is 0 Å². The molecule has 3 heteroatoms. The molecule has 0 radical (unpaired) electrons. The molecule has 10 heavy (non-hydrogen) atoms. The zero-order valence-electron chi connectivity index (χ0n) is 5.70. The number of rotatable bonds is 3. The van der Waals surface area contributed by atoms with Crippen LogP contribution in [0.3, 0.4) is 0 Å². The van der Waals surface area contributed by atoms with Gasteiger partial charge in [0, 0.05) is 18.8 Å². The smallest absolute Gasteiger partial charge is 0.128 e. The fraction of sp³-hybridized carbons (Fsp3) is 0.429. The summed E-state index contributed by atoms with van der Waals surface area (Å²) in [5.74, 6) is 1.81. The monoisotopic (exact) mass is 154 g/mol. The fourth-order valence-electron chi connectivity index (χ4n) is 0.696. The Balaban J connectivity index is 2.43. The van der Waals surface area contributed by atoms with Gasteiger partial charge in [0.1, 0.15) is 5.82 Å². The number of thiol groups is 1. The number of hydrogen-bond donors (Lipinski definition) is 1. The number of aromatic nitrogens is 2. The Labute approximate surface area is 66.1 Å². The molecule has 0 saturated carbocycles. The number of aryl methyl sites for hydroxylation is 1.